The van der Waals surface area contributed by atoms with Crippen LogP contribution in [0, 0.1) is 0 Å². The maximum absolute atomic E-state index is 6.63. The van der Waals surface area contributed by atoms with Gasteiger partial charge in [0, 0.05) is 33.2 Å². The van der Waals surface area contributed by atoms with Gasteiger partial charge in [-0.05, 0) is 47.4 Å². The molecule has 1 atom stereocenters. The second-order valence-corrected chi connectivity index (χ2v) is 12.7. The van der Waals surface area contributed by atoms with E-state index in [9.17, 15) is 0 Å². The number of rotatable bonds is 5. The maximum atomic E-state index is 6.63. The van der Waals surface area contributed by atoms with Crippen molar-refractivity contribution in [2.75, 3.05) is 0 Å². The van der Waals surface area contributed by atoms with Crippen molar-refractivity contribution in [2.45, 2.75) is 12.3 Å². The van der Waals surface area contributed by atoms with Gasteiger partial charge in [0.1, 0.15) is 22.5 Å². The smallest absolute Gasteiger partial charge is 0.167 e. The molecule has 0 saturated heterocycles. The number of para-hydroxylation sites is 2. The minimum Gasteiger partial charge on any atom is -0.456 e. The molecule has 5 nitrogen and oxygen atoms in total. The second-order valence-electron chi connectivity index (χ2n) is 12.7. The van der Waals surface area contributed by atoms with Gasteiger partial charge in [-0.25, -0.2) is 15.0 Å². The molecule has 0 spiro atoms. The lowest BCUT2D eigenvalue weighted by molar-refractivity contribution is 0.585. The molecule has 0 bridgehead atoms. The highest BCUT2D eigenvalue weighted by molar-refractivity contribution is 6.11. The Morgan fingerprint density at radius 1 is 0.480 bits per heavy atom. The average molecular weight is 644 g/mol. The van der Waals surface area contributed by atoms with Crippen LogP contribution in [0.15, 0.2) is 167 Å². The fourth-order valence-corrected chi connectivity index (χ4v) is 7.29. The minimum absolute atomic E-state index is 0.114. The summed E-state index contributed by atoms with van der Waals surface area (Å²) in [6.45, 7) is 0. The standard InChI is InChI=1S/C45H29N3O2/c1-4-14-28(15-5-1)31-24-35-33-20-10-12-22-39(33)49-41(35)37(26-31)44-46-43(30-18-8-3-9-19-30)47-45(48-44)38-27-32(29-16-6-2-7-17-29)25-36-34-21-11-13-23-40(34)50-42(36)38/h1-24,26-27,32H,25H2. The monoisotopic (exact) mass is 643 g/mol. The van der Waals surface area contributed by atoms with Crippen LogP contribution in [0.25, 0.3) is 72.4 Å². The van der Waals surface area contributed by atoms with E-state index in [-0.39, 0.29) is 5.92 Å². The van der Waals surface area contributed by atoms with Gasteiger partial charge in [-0.15, -0.1) is 0 Å². The van der Waals surface area contributed by atoms with Gasteiger partial charge in [-0.3, -0.25) is 0 Å². The fourth-order valence-electron chi connectivity index (χ4n) is 7.29. The Labute approximate surface area is 288 Å². The molecule has 0 N–H and O–H groups in total. The molecule has 3 heterocycles. The molecule has 9 aromatic rings. The van der Waals surface area contributed by atoms with Gasteiger partial charge in [-0.2, -0.15) is 0 Å². The van der Waals surface area contributed by atoms with E-state index in [0.717, 1.165) is 72.9 Å². The lowest BCUT2D eigenvalue weighted by atomic mass is 9.83. The zero-order valence-corrected chi connectivity index (χ0v) is 27.0. The Morgan fingerprint density at radius 3 is 1.84 bits per heavy atom. The predicted octanol–water partition coefficient (Wildman–Crippen LogP) is 11.3. The summed E-state index contributed by atoms with van der Waals surface area (Å²) >= 11 is 0. The zero-order chi connectivity index (χ0) is 33.0. The topological polar surface area (TPSA) is 65.0 Å². The first-order valence-corrected chi connectivity index (χ1v) is 16.9. The van der Waals surface area contributed by atoms with Crippen LogP contribution in [0.1, 0.15) is 28.6 Å². The molecule has 0 saturated carbocycles. The van der Waals surface area contributed by atoms with E-state index in [2.05, 4.69) is 91.0 Å². The Kier molecular flexibility index (Phi) is 6.56. The number of aromatic nitrogens is 3. The first-order chi connectivity index (χ1) is 24.8. The Bertz CT molecular complexity index is 2730. The summed E-state index contributed by atoms with van der Waals surface area (Å²) in [5, 5.41) is 3.18. The van der Waals surface area contributed by atoms with Gasteiger partial charge < -0.3 is 8.83 Å². The van der Waals surface area contributed by atoms with Gasteiger partial charge in [0.25, 0.3) is 0 Å². The SMILES string of the molecule is C1=C(c2nc(-c3ccccc3)nc(-c3cc(-c4ccccc4)cc4c3oc3ccccc34)n2)c2oc3ccccc3c2CC1c1ccccc1. The van der Waals surface area contributed by atoms with Gasteiger partial charge in [0.05, 0.1) is 11.1 Å². The third-order valence-electron chi connectivity index (χ3n) is 9.70. The van der Waals surface area contributed by atoms with Crippen molar-refractivity contribution >= 4 is 38.5 Å². The molecular weight excluding hydrogens is 615 g/mol. The van der Waals surface area contributed by atoms with E-state index in [0.29, 0.717) is 17.5 Å². The van der Waals surface area contributed by atoms with Crippen molar-refractivity contribution in [3.8, 4) is 33.9 Å². The summed E-state index contributed by atoms with van der Waals surface area (Å²) in [5.41, 5.74) is 9.54. The summed E-state index contributed by atoms with van der Waals surface area (Å²) in [7, 11) is 0. The molecule has 1 aliphatic rings. The Hall–Kier alpha value is -6.59. The third-order valence-corrected chi connectivity index (χ3v) is 9.70. The number of hydrogen-bond donors (Lipinski definition) is 0. The van der Waals surface area contributed by atoms with E-state index < -0.39 is 0 Å². The first-order valence-electron chi connectivity index (χ1n) is 16.9. The van der Waals surface area contributed by atoms with Crippen molar-refractivity contribution in [3.05, 3.63) is 180 Å². The molecule has 0 amide bonds. The maximum Gasteiger partial charge on any atom is 0.167 e. The number of allylic oxidation sites excluding steroid dienone is 1. The summed E-state index contributed by atoms with van der Waals surface area (Å²) < 4.78 is 13.2. The third kappa shape index (κ3) is 4.74. The van der Waals surface area contributed by atoms with Crippen LogP contribution in [0.4, 0.5) is 0 Å². The second kappa shape index (κ2) is 11.5. The normalized spacial score (nSPS) is 14.2. The minimum atomic E-state index is 0.114. The average Bonchev–Trinajstić information content (AvgIpc) is 3.76. The molecule has 0 aliphatic heterocycles. The number of hydrogen-bond acceptors (Lipinski definition) is 5. The van der Waals surface area contributed by atoms with E-state index in [1.54, 1.807) is 0 Å². The highest BCUT2D eigenvalue weighted by atomic mass is 16.3. The van der Waals surface area contributed by atoms with Crippen LogP contribution >= 0.6 is 0 Å². The lowest BCUT2D eigenvalue weighted by Gasteiger charge is -2.21. The molecular formula is C45H29N3O2. The largest absolute Gasteiger partial charge is 0.456 e. The van der Waals surface area contributed by atoms with Crippen molar-refractivity contribution in [1.82, 2.24) is 15.0 Å². The molecule has 0 radical (unpaired) electrons. The van der Waals surface area contributed by atoms with Crippen LogP contribution < -0.4 is 0 Å². The molecule has 6 aromatic carbocycles. The Morgan fingerprint density at radius 2 is 1.08 bits per heavy atom. The molecule has 10 rings (SSSR count). The lowest BCUT2D eigenvalue weighted by Crippen LogP contribution is -2.11. The van der Waals surface area contributed by atoms with Gasteiger partial charge in [0.15, 0.2) is 17.5 Å². The van der Waals surface area contributed by atoms with E-state index in [1.807, 2.05) is 66.7 Å². The van der Waals surface area contributed by atoms with Crippen molar-refractivity contribution in [2.24, 2.45) is 0 Å². The summed E-state index contributed by atoms with van der Waals surface area (Å²) in [5.74, 6) is 2.60. The molecule has 3 aromatic heterocycles. The highest BCUT2D eigenvalue weighted by Crippen LogP contribution is 2.44. The number of fused-ring (bicyclic) bond motifs is 6. The van der Waals surface area contributed by atoms with Crippen LogP contribution in [0.5, 0.6) is 0 Å². The van der Waals surface area contributed by atoms with Crippen molar-refractivity contribution in [3.63, 3.8) is 0 Å². The van der Waals surface area contributed by atoms with Gasteiger partial charge >= 0.3 is 0 Å². The van der Waals surface area contributed by atoms with Crippen LogP contribution in [-0.4, -0.2) is 15.0 Å². The fraction of sp³-hybridized carbons (Fsp3) is 0.0444. The summed E-state index contributed by atoms with van der Waals surface area (Å²) in [4.78, 5) is 15.6. The van der Waals surface area contributed by atoms with Crippen molar-refractivity contribution in [1.29, 1.82) is 0 Å². The van der Waals surface area contributed by atoms with E-state index in [1.165, 1.54) is 11.1 Å². The molecule has 50 heavy (non-hydrogen) atoms. The Balaban J connectivity index is 1.26. The van der Waals surface area contributed by atoms with Gasteiger partial charge in [-0.1, -0.05) is 133 Å². The van der Waals surface area contributed by atoms with Crippen molar-refractivity contribution < 1.29 is 8.83 Å². The zero-order valence-electron chi connectivity index (χ0n) is 27.0. The number of nitrogens with zero attached hydrogens (tertiary/aromatic N) is 3. The first kappa shape index (κ1) is 28.4. The van der Waals surface area contributed by atoms with Crippen LogP contribution in [-0.2, 0) is 6.42 Å². The number of furan rings is 2. The quantitative estimate of drug-likeness (QED) is 0.187. The van der Waals surface area contributed by atoms with E-state index >= 15 is 0 Å². The van der Waals surface area contributed by atoms with Crippen LogP contribution in [0.2, 0.25) is 0 Å². The number of benzene rings is 6. The predicted molar refractivity (Wildman–Crippen MR) is 200 cm³/mol. The van der Waals surface area contributed by atoms with Crippen LogP contribution in [0.3, 0.4) is 0 Å². The molecule has 236 valence electrons. The highest BCUT2D eigenvalue weighted by Gasteiger charge is 2.30. The molecule has 1 unspecified atom stereocenters. The molecule has 0 fully saturated rings. The molecule has 5 heteroatoms. The summed E-state index contributed by atoms with van der Waals surface area (Å²) in [6, 6.07) is 51.9. The van der Waals surface area contributed by atoms with E-state index in [4.69, 9.17) is 23.8 Å². The van der Waals surface area contributed by atoms with Gasteiger partial charge in [0.2, 0.25) is 0 Å². The molecule has 1 aliphatic carbocycles. The summed E-state index contributed by atoms with van der Waals surface area (Å²) in [6.07, 6.45) is 3.09.